The van der Waals surface area contributed by atoms with Gasteiger partial charge in [-0.1, -0.05) is 82.7 Å². The van der Waals surface area contributed by atoms with Gasteiger partial charge in [-0.15, -0.1) is 11.5 Å². The Morgan fingerprint density at radius 1 is 1.06 bits per heavy atom. The van der Waals surface area contributed by atoms with Crippen molar-refractivity contribution >= 4 is 11.4 Å². The van der Waals surface area contributed by atoms with Gasteiger partial charge in [0.2, 0.25) is 0 Å². The predicted molar refractivity (Wildman–Crippen MR) is 209 cm³/mol. The zero-order valence-electron chi connectivity index (χ0n) is 31.1. The predicted octanol–water partition coefficient (Wildman–Crippen LogP) is 9.44. The first-order chi connectivity index (χ1) is 23.7. The molecule has 50 heavy (non-hydrogen) atoms. The van der Waals surface area contributed by atoms with Gasteiger partial charge in [0.25, 0.3) is 0 Å². The van der Waals surface area contributed by atoms with Crippen LogP contribution in [0.5, 0.6) is 0 Å². The lowest BCUT2D eigenvalue weighted by atomic mass is 9.65. The monoisotopic (exact) mass is 669 g/mol. The normalized spacial score (nSPS) is 16.9. The molecule has 0 bridgehead atoms. The van der Waals surface area contributed by atoms with Crippen LogP contribution in [-0.2, 0) is 0 Å². The molecule has 4 rings (SSSR count). The summed E-state index contributed by atoms with van der Waals surface area (Å²) in [7, 11) is 0. The van der Waals surface area contributed by atoms with Crippen LogP contribution in [0.2, 0.25) is 0 Å². The molecule has 6 nitrogen and oxygen atoms in total. The highest BCUT2D eigenvalue weighted by Crippen LogP contribution is 2.45. The number of benzene rings is 1. The fourth-order valence-electron chi connectivity index (χ4n) is 6.36. The smallest absolute Gasteiger partial charge is 0.164 e. The van der Waals surface area contributed by atoms with Gasteiger partial charge in [0.15, 0.2) is 5.82 Å². The number of anilines is 1. The number of nitrogens with zero attached hydrogens (tertiary/aromatic N) is 4. The standard InChI is InChI=1S/C44H55N5O/c1-10-13-18-36(12-3)40(33(4)45)41-46-38(31-39(47-41)48-26-28-49(50)29-27-48)37-19-16-17-35(30-37)21-25-43(7,8)42(5,6)24-20-34(11-2)32-44(9)22-14-15-23-44/h12-19,30-31,50H,1-3,20,22-24,26-29,32,45H2,4-9H3/b36-18+,40-33-. The summed E-state index contributed by atoms with van der Waals surface area (Å²) in [6.07, 6.45) is 15.2. The summed E-state index contributed by atoms with van der Waals surface area (Å²) < 4.78 is 0. The Balaban J connectivity index is 1.66. The van der Waals surface area contributed by atoms with Crippen molar-refractivity contribution in [2.24, 2.45) is 22.0 Å². The van der Waals surface area contributed by atoms with Gasteiger partial charge in [-0.2, -0.15) is 5.06 Å². The Kier molecular flexibility index (Phi) is 12.5. The number of nitrogens with two attached hydrogens (primary N) is 1. The maximum atomic E-state index is 10.0. The van der Waals surface area contributed by atoms with Crippen molar-refractivity contribution in [2.75, 3.05) is 31.1 Å². The molecule has 0 saturated carbocycles. The molecule has 2 aliphatic rings. The van der Waals surface area contributed by atoms with E-state index in [9.17, 15) is 5.21 Å². The van der Waals surface area contributed by atoms with Crippen molar-refractivity contribution in [1.82, 2.24) is 15.0 Å². The Labute approximate surface area is 300 Å². The van der Waals surface area contributed by atoms with Gasteiger partial charge in [0.05, 0.1) is 5.69 Å². The molecule has 3 N–H and O–H groups in total. The van der Waals surface area contributed by atoms with Crippen LogP contribution in [0.15, 0.2) is 109 Å². The van der Waals surface area contributed by atoms with Crippen LogP contribution in [0.3, 0.4) is 0 Å². The van der Waals surface area contributed by atoms with Crippen molar-refractivity contribution in [1.29, 1.82) is 0 Å². The van der Waals surface area contributed by atoms with E-state index in [0.717, 1.165) is 60.3 Å². The number of aromatic nitrogens is 2. The summed E-state index contributed by atoms with van der Waals surface area (Å²) in [6, 6.07) is 10.2. The molecule has 6 heteroatoms. The average Bonchev–Trinajstić information content (AvgIpc) is 3.53. The zero-order chi connectivity index (χ0) is 36.5. The van der Waals surface area contributed by atoms with Crippen LogP contribution in [0.25, 0.3) is 16.8 Å². The van der Waals surface area contributed by atoms with Crippen LogP contribution in [0, 0.1) is 28.1 Å². The average molecular weight is 670 g/mol. The Morgan fingerprint density at radius 3 is 2.38 bits per heavy atom. The Bertz CT molecular complexity index is 1810. The number of hydroxylamine groups is 2. The fourth-order valence-corrected chi connectivity index (χ4v) is 6.36. The third-order valence-electron chi connectivity index (χ3n) is 10.5. The molecule has 1 aliphatic heterocycles. The van der Waals surface area contributed by atoms with E-state index in [1.165, 1.54) is 10.6 Å². The highest BCUT2D eigenvalue weighted by molar-refractivity contribution is 5.82. The summed E-state index contributed by atoms with van der Waals surface area (Å²) in [5.74, 6) is 8.41. The van der Waals surface area contributed by atoms with E-state index < -0.39 is 0 Å². The van der Waals surface area contributed by atoms with Crippen LogP contribution in [-0.4, -0.2) is 46.4 Å². The molecule has 0 amide bonds. The van der Waals surface area contributed by atoms with Gasteiger partial charge in [0.1, 0.15) is 5.82 Å². The van der Waals surface area contributed by atoms with E-state index in [-0.39, 0.29) is 10.8 Å². The second-order valence-electron chi connectivity index (χ2n) is 15.1. The van der Waals surface area contributed by atoms with E-state index in [0.29, 0.717) is 48.7 Å². The summed E-state index contributed by atoms with van der Waals surface area (Å²) in [4.78, 5) is 12.2. The van der Waals surface area contributed by atoms with Crippen LogP contribution in [0.4, 0.5) is 5.82 Å². The SMILES string of the molecule is C=C=C/C=C(C=C)/C(=C(\C)N)c1nc(-c2cccc(C#CC(C)(C)C(C)(C)CCC(=C=C)CC3(C)CC=CC3)c2)cc(N2CCN(O)CC2)n1. The summed E-state index contributed by atoms with van der Waals surface area (Å²) >= 11 is 0. The number of hydrogen-bond donors (Lipinski definition) is 2. The van der Waals surface area contributed by atoms with Gasteiger partial charge < -0.3 is 15.8 Å². The van der Waals surface area contributed by atoms with Crippen molar-refractivity contribution in [3.05, 3.63) is 120 Å². The largest absolute Gasteiger partial charge is 0.402 e. The fraction of sp³-hybridized carbons (Fsp3) is 0.409. The molecule has 1 aromatic heterocycles. The van der Waals surface area contributed by atoms with E-state index in [2.05, 4.69) is 107 Å². The molecule has 2 aromatic rings. The minimum atomic E-state index is -0.246. The number of hydrogen-bond acceptors (Lipinski definition) is 6. The third-order valence-corrected chi connectivity index (χ3v) is 10.5. The molecule has 2 heterocycles. The number of allylic oxidation sites excluding steroid dienone is 9. The van der Waals surface area contributed by atoms with Gasteiger partial charge in [-0.25, -0.2) is 9.97 Å². The van der Waals surface area contributed by atoms with Gasteiger partial charge in [-0.3, -0.25) is 0 Å². The van der Waals surface area contributed by atoms with Crippen LogP contribution < -0.4 is 10.6 Å². The number of piperazine rings is 1. The zero-order valence-corrected chi connectivity index (χ0v) is 31.1. The summed E-state index contributed by atoms with van der Waals surface area (Å²) in [6.45, 7) is 27.4. The second kappa shape index (κ2) is 16.4. The van der Waals surface area contributed by atoms with Gasteiger partial charge in [-0.05, 0) is 99.1 Å². The van der Waals surface area contributed by atoms with Crippen LogP contribution in [0.1, 0.15) is 85.0 Å². The second-order valence-corrected chi connectivity index (χ2v) is 15.1. The Hall–Kier alpha value is -4.62. The molecule has 1 saturated heterocycles. The summed E-state index contributed by atoms with van der Waals surface area (Å²) in [5.41, 5.74) is 18.5. The van der Waals surface area contributed by atoms with Crippen molar-refractivity contribution in [2.45, 2.75) is 73.6 Å². The van der Waals surface area contributed by atoms with Gasteiger partial charge >= 0.3 is 0 Å². The topological polar surface area (TPSA) is 78.5 Å². The highest BCUT2D eigenvalue weighted by atomic mass is 16.5. The van der Waals surface area contributed by atoms with E-state index in [1.807, 2.05) is 31.2 Å². The maximum absolute atomic E-state index is 10.0. The van der Waals surface area contributed by atoms with E-state index >= 15 is 0 Å². The minimum absolute atomic E-state index is 0.0381. The summed E-state index contributed by atoms with van der Waals surface area (Å²) in [5, 5.41) is 11.4. The molecule has 1 aliphatic carbocycles. The lowest BCUT2D eigenvalue weighted by Crippen LogP contribution is -2.45. The molecule has 262 valence electrons. The van der Waals surface area contributed by atoms with E-state index in [1.54, 1.807) is 12.2 Å². The molecular formula is C44H55N5O. The molecule has 1 aromatic carbocycles. The molecule has 0 spiro atoms. The van der Waals surface area contributed by atoms with Crippen molar-refractivity contribution in [3.63, 3.8) is 0 Å². The quantitative estimate of drug-likeness (QED) is 0.101. The first-order valence-electron chi connectivity index (χ1n) is 17.6. The molecule has 0 unspecified atom stereocenters. The minimum Gasteiger partial charge on any atom is -0.402 e. The molecular weight excluding hydrogens is 615 g/mol. The number of rotatable bonds is 12. The lowest BCUT2D eigenvalue weighted by Gasteiger charge is -2.38. The highest BCUT2D eigenvalue weighted by Gasteiger charge is 2.36. The van der Waals surface area contributed by atoms with Gasteiger partial charge in [0, 0.05) is 60.1 Å². The van der Waals surface area contributed by atoms with Crippen molar-refractivity contribution < 1.29 is 5.21 Å². The maximum Gasteiger partial charge on any atom is 0.164 e. The molecule has 1 fully saturated rings. The first-order valence-corrected chi connectivity index (χ1v) is 17.6. The van der Waals surface area contributed by atoms with Crippen LogP contribution >= 0.6 is 0 Å². The lowest BCUT2D eigenvalue weighted by molar-refractivity contribution is -0.0936. The molecule has 0 radical (unpaired) electrons. The third kappa shape index (κ3) is 9.54. The Morgan fingerprint density at radius 2 is 1.76 bits per heavy atom. The molecule has 0 atom stereocenters. The van der Waals surface area contributed by atoms with Crippen molar-refractivity contribution in [3.8, 4) is 23.1 Å². The first kappa shape index (κ1) is 38.2. The van der Waals surface area contributed by atoms with E-state index in [4.69, 9.17) is 15.7 Å².